The van der Waals surface area contributed by atoms with Gasteiger partial charge in [0.05, 0.1) is 11.4 Å². The van der Waals surface area contributed by atoms with Crippen LogP contribution in [0.1, 0.15) is 30.4 Å². The lowest BCUT2D eigenvalue weighted by atomic mass is 10.2. The van der Waals surface area contributed by atoms with Gasteiger partial charge in [-0.1, -0.05) is 19.1 Å². The Morgan fingerprint density at radius 2 is 1.96 bits per heavy atom. The van der Waals surface area contributed by atoms with Crippen molar-refractivity contribution in [3.8, 4) is 5.75 Å². The van der Waals surface area contributed by atoms with E-state index in [1.807, 2.05) is 6.92 Å². The summed E-state index contributed by atoms with van der Waals surface area (Å²) >= 11 is 0.884. The van der Waals surface area contributed by atoms with Crippen LogP contribution in [0.5, 0.6) is 5.75 Å². The molecule has 8 heteroatoms. The van der Waals surface area contributed by atoms with Crippen molar-refractivity contribution in [2.45, 2.75) is 33.2 Å². The number of imide groups is 1. The van der Waals surface area contributed by atoms with E-state index < -0.39 is 0 Å². The van der Waals surface area contributed by atoms with Crippen molar-refractivity contribution < 1.29 is 14.3 Å². The Balaban J connectivity index is 1.62. The zero-order valence-corrected chi connectivity index (χ0v) is 16.5. The molecule has 1 aliphatic heterocycles. The van der Waals surface area contributed by atoms with E-state index in [1.54, 1.807) is 34.9 Å². The molecule has 0 bridgehead atoms. The summed E-state index contributed by atoms with van der Waals surface area (Å²) in [6.45, 7) is 4.64. The molecule has 0 spiro atoms. The van der Waals surface area contributed by atoms with Gasteiger partial charge in [0.2, 0.25) is 0 Å². The molecule has 0 aliphatic carbocycles. The van der Waals surface area contributed by atoms with Gasteiger partial charge in [0, 0.05) is 18.2 Å². The summed E-state index contributed by atoms with van der Waals surface area (Å²) in [5.41, 5.74) is 1.46. The highest BCUT2D eigenvalue weighted by atomic mass is 32.2. The number of ether oxygens (including phenoxy) is 1. The first-order valence-electron chi connectivity index (χ1n) is 9.01. The monoisotopic (exact) mass is 399 g/mol. The van der Waals surface area contributed by atoms with Crippen LogP contribution in [0.3, 0.4) is 0 Å². The highest BCUT2D eigenvalue weighted by Crippen LogP contribution is 2.26. The number of benzene rings is 1. The number of hydrogen-bond acceptors (Lipinski definition) is 6. The lowest BCUT2D eigenvalue weighted by Gasteiger charge is -2.13. The van der Waals surface area contributed by atoms with Crippen LogP contribution in [0.2, 0.25) is 0 Å². The molecule has 2 heterocycles. The number of nitrogens with zero attached hydrogens (tertiary/aromatic N) is 2. The molecule has 146 valence electrons. The van der Waals surface area contributed by atoms with E-state index in [0.29, 0.717) is 23.8 Å². The number of aromatic nitrogens is 2. The Labute approximate surface area is 166 Å². The molecular formula is C20H21N3O4S. The third-order valence-corrected chi connectivity index (χ3v) is 4.90. The number of hydrogen-bond donors (Lipinski definition) is 1. The van der Waals surface area contributed by atoms with Crippen molar-refractivity contribution in [3.63, 3.8) is 0 Å². The zero-order chi connectivity index (χ0) is 20.1. The summed E-state index contributed by atoms with van der Waals surface area (Å²) in [6, 6.07) is 8.72. The average molecular weight is 399 g/mol. The second-order valence-corrected chi connectivity index (χ2v) is 7.34. The Kier molecular flexibility index (Phi) is 6.30. The minimum Gasteiger partial charge on any atom is -0.492 e. The van der Waals surface area contributed by atoms with Crippen LogP contribution in [0, 0.1) is 6.92 Å². The molecule has 2 aromatic rings. The van der Waals surface area contributed by atoms with Gasteiger partial charge in [0.25, 0.3) is 16.7 Å². The molecule has 0 atom stereocenters. The number of rotatable bonds is 7. The molecule has 0 radical (unpaired) electrons. The summed E-state index contributed by atoms with van der Waals surface area (Å²) in [5.74, 6) is 1.06. The van der Waals surface area contributed by atoms with E-state index in [1.165, 1.54) is 6.07 Å². The largest absolute Gasteiger partial charge is 0.492 e. The van der Waals surface area contributed by atoms with E-state index >= 15 is 0 Å². The molecule has 1 N–H and O–H groups in total. The zero-order valence-electron chi connectivity index (χ0n) is 15.7. The van der Waals surface area contributed by atoms with Gasteiger partial charge in [-0.05, 0) is 48.9 Å². The van der Waals surface area contributed by atoms with E-state index in [2.05, 4.69) is 17.2 Å². The number of thioether (sulfide) groups is 1. The quantitative estimate of drug-likeness (QED) is 0.720. The summed E-state index contributed by atoms with van der Waals surface area (Å²) < 4.78 is 7.40. The van der Waals surface area contributed by atoms with E-state index in [9.17, 15) is 14.4 Å². The van der Waals surface area contributed by atoms with Crippen molar-refractivity contribution in [2.24, 2.45) is 0 Å². The molecule has 1 aromatic carbocycles. The van der Waals surface area contributed by atoms with Crippen molar-refractivity contribution in [1.82, 2.24) is 14.9 Å². The Morgan fingerprint density at radius 1 is 1.21 bits per heavy atom. The summed E-state index contributed by atoms with van der Waals surface area (Å²) in [7, 11) is 0. The van der Waals surface area contributed by atoms with Gasteiger partial charge in [-0.15, -0.1) is 0 Å². The van der Waals surface area contributed by atoms with Crippen LogP contribution in [0.25, 0.3) is 6.08 Å². The number of aryl methyl sites for hydroxylation is 2. The van der Waals surface area contributed by atoms with Gasteiger partial charge in [-0.25, -0.2) is 4.98 Å². The molecular weight excluding hydrogens is 378 g/mol. The highest BCUT2D eigenvalue weighted by Gasteiger charge is 2.24. The predicted molar refractivity (Wildman–Crippen MR) is 108 cm³/mol. The maximum Gasteiger partial charge on any atom is 0.290 e. The van der Waals surface area contributed by atoms with Crippen LogP contribution in [0.15, 0.2) is 40.0 Å². The third kappa shape index (κ3) is 4.89. The van der Waals surface area contributed by atoms with Crippen LogP contribution in [0.4, 0.5) is 4.79 Å². The van der Waals surface area contributed by atoms with Crippen molar-refractivity contribution in [1.29, 1.82) is 0 Å². The Morgan fingerprint density at radius 3 is 2.61 bits per heavy atom. The minimum atomic E-state index is -0.379. The van der Waals surface area contributed by atoms with Crippen molar-refractivity contribution in [2.75, 3.05) is 6.61 Å². The number of carbonyl (C=O) groups is 2. The minimum absolute atomic E-state index is 0.0663. The summed E-state index contributed by atoms with van der Waals surface area (Å²) in [4.78, 5) is 39.8. The maximum atomic E-state index is 12.2. The second kappa shape index (κ2) is 8.88. The van der Waals surface area contributed by atoms with E-state index in [-0.39, 0.29) is 16.7 Å². The van der Waals surface area contributed by atoms with Gasteiger partial charge >= 0.3 is 0 Å². The van der Waals surface area contributed by atoms with Crippen LogP contribution in [-0.2, 0) is 17.8 Å². The number of amides is 2. The SMILES string of the molecule is CCCc1nc(C)cc(=O)n1CCOc1ccc(/C=C2/SC(=O)NC2=O)cc1. The third-order valence-electron chi connectivity index (χ3n) is 4.09. The molecule has 1 saturated heterocycles. The first-order chi connectivity index (χ1) is 13.5. The lowest BCUT2D eigenvalue weighted by Crippen LogP contribution is -2.27. The van der Waals surface area contributed by atoms with Gasteiger partial charge in [0.15, 0.2) is 0 Å². The smallest absolute Gasteiger partial charge is 0.290 e. The lowest BCUT2D eigenvalue weighted by molar-refractivity contribution is -0.115. The van der Waals surface area contributed by atoms with Gasteiger partial charge in [-0.3, -0.25) is 24.3 Å². The van der Waals surface area contributed by atoms with Crippen molar-refractivity contribution >= 4 is 29.0 Å². The first kappa shape index (κ1) is 19.9. The topological polar surface area (TPSA) is 90.3 Å². The molecule has 3 rings (SSSR count). The van der Waals surface area contributed by atoms with E-state index in [0.717, 1.165) is 41.7 Å². The molecule has 0 unspecified atom stereocenters. The molecule has 2 amide bonds. The fourth-order valence-electron chi connectivity index (χ4n) is 2.82. The van der Waals surface area contributed by atoms with Crippen molar-refractivity contribution in [3.05, 3.63) is 62.7 Å². The Bertz CT molecular complexity index is 980. The average Bonchev–Trinajstić information content (AvgIpc) is 2.96. The van der Waals surface area contributed by atoms with Gasteiger partial charge in [0.1, 0.15) is 18.2 Å². The van der Waals surface area contributed by atoms with E-state index in [4.69, 9.17) is 4.74 Å². The van der Waals surface area contributed by atoms with Gasteiger partial charge < -0.3 is 4.74 Å². The first-order valence-corrected chi connectivity index (χ1v) is 9.83. The standard InChI is InChI=1S/C20H21N3O4S/c1-3-4-17-21-13(2)11-18(24)23(17)9-10-27-15-7-5-14(6-8-15)12-16-19(25)22-20(26)28-16/h5-8,11-12H,3-4,9-10H2,1-2H3,(H,22,25,26)/b16-12+. The second-order valence-electron chi connectivity index (χ2n) is 6.32. The highest BCUT2D eigenvalue weighted by molar-refractivity contribution is 8.18. The fraction of sp³-hybridized carbons (Fsp3) is 0.300. The molecule has 1 aliphatic rings. The summed E-state index contributed by atoms with van der Waals surface area (Å²) in [6.07, 6.45) is 3.31. The normalized spacial score (nSPS) is 15.1. The van der Waals surface area contributed by atoms with Crippen LogP contribution < -0.4 is 15.6 Å². The fourth-order valence-corrected chi connectivity index (χ4v) is 3.50. The maximum absolute atomic E-state index is 12.2. The Hall–Kier alpha value is -2.87. The molecule has 7 nitrogen and oxygen atoms in total. The number of nitrogens with one attached hydrogen (secondary N) is 1. The molecule has 1 fully saturated rings. The molecule has 1 aromatic heterocycles. The van der Waals surface area contributed by atoms with Crippen LogP contribution >= 0.6 is 11.8 Å². The number of carbonyl (C=O) groups excluding carboxylic acids is 2. The molecule has 0 saturated carbocycles. The molecule has 28 heavy (non-hydrogen) atoms. The summed E-state index contributed by atoms with van der Waals surface area (Å²) in [5, 5.41) is 1.86. The van der Waals surface area contributed by atoms with Crippen LogP contribution in [-0.4, -0.2) is 27.3 Å². The predicted octanol–water partition coefficient (Wildman–Crippen LogP) is 2.91. The van der Waals surface area contributed by atoms with Gasteiger partial charge in [-0.2, -0.15) is 0 Å².